The van der Waals surface area contributed by atoms with Crippen molar-refractivity contribution in [1.82, 2.24) is 4.90 Å². The number of carbonyl (C=O) groups excluding carboxylic acids is 2. The molecule has 2 amide bonds. The molecule has 1 saturated heterocycles. The molecule has 0 radical (unpaired) electrons. The average Bonchev–Trinajstić information content (AvgIpc) is 2.48. The standard InChI is InChI=1S/C16H19FN2O4/c1-9-12(16(22)23)4-3-7-19(9)15(21)11-5-6-13(17)14(8-11)18-10(2)20/h5-6,8-9,12H,3-4,7H2,1-2H3,(H,18,20)(H,22,23)/t9-,12-/m1/s1. The lowest BCUT2D eigenvalue weighted by Crippen LogP contribution is -2.49. The first-order valence-corrected chi connectivity index (χ1v) is 7.42. The van der Waals surface area contributed by atoms with E-state index < -0.39 is 29.7 Å². The minimum atomic E-state index is -0.923. The van der Waals surface area contributed by atoms with Gasteiger partial charge in [-0.2, -0.15) is 0 Å². The van der Waals surface area contributed by atoms with Crippen molar-refractivity contribution >= 4 is 23.5 Å². The fourth-order valence-corrected chi connectivity index (χ4v) is 2.87. The Labute approximate surface area is 133 Å². The third kappa shape index (κ3) is 3.67. The number of carboxylic acids is 1. The molecule has 1 aromatic carbocycles. The van der Waals surface area contributed by atoms with E-state index in [1.165, 1.54) is 24.0 Å². The number of benzene rings is 1. The van der Waals surface area contributed by atoms with Crippen molar-refractivity contribution in [2.75, 3.05) is 11.9 Å². The van der Waals surface area contributed by atoms with E-state index in [1.54, 1.807) is 6.92 Å². The van der Waals surface area contributed by atoms with Gasteiger partial charge in [-0.05, 0) is 38.0 Å². The van der Waals surface area contributed by atoms with Gasteiger partial charge >= 0.3 is 5.97 Å². The van der Waals surface area contributed by atoms with Crippen molar-refractivity contribution in [2.45, 2.75) is 32.7 Å². The summed E-state index contributed by atoms with van der Waals surface area (Å²) in [5, 5.41) is 11.6. The summed E-state index contributed by atoms with van der Waals surface area (Å²) in [4.78, 5) is 36.5. The molecule has 23 heavy (non-hydrogen) atoms. The molecule has 1 aliphatic rings. The van der Waals surface area contributed by atoms with Gasteiger partial charge in [0, 0.05) is 25.1 Å². The SMILES string of the molecule is CC(=O)Nc1cc(C(=O)N2CCC[C@@H](C(=O)O)[C@H]2C)ccc1F. The largest absolute Gasteiger partial charge is 0.481 e. The van der Waals surface area contributed by atoms with Crippen LogP contribution < -0.4 is 5.32 Å². The summed E-state index contributed by atoms with van der Waals surface area (Å²) in [6.45, 7) is 3.41. The lowest BCUT2D eigenvalue weighted by atomic mass is 9.90. The predicted molar refractivity (Wildman–Crippen MR) is 81.6 cm³/mol. The van der Waals surface area contributed by atoms with E-state index in [-0.39, 0.29) is 17.2 Å². The number of anilines is 1. The third-order valence-electron chi connectivity index (χ3n) is 4.09. The van der Waals surface area contributed by atoms with Gasteiger partial charge in [0.1, 0.15) is 5.82 Å². The second kappa shape index (κ2) is 6.76. The number of likely N-dealkylation sites (tertiary alicyclic amines) is 1. The number of amides is 2. The van der Waals surface area contributed by atoms with Crippen molar-refractivity contribution in [3.63, 3.8) is 0 Å². The van der Waals surface area contributed by atoms with Crippen molar-refractivity contribution in [1.29, 1.82) is 0 Å². The number of aliphatic carboxylic acids is 1. The molecule has 0 unspecified atom stereocenters. The van der Waals surface area contributed by atoms with Crippen LogP contribution in [-0.4, -0.2) is 40.4 Å². The second-order valence-corrected chi connectivity index (χ2v) is 5.70. The molecule has 0 saturated carbocycles. The molecule has 1 heterocycles. The summed E-state index contributed by atoms with van der Waals surface area (Å²) in [6, 6.07) is 3.28. The van der Waals surface area contributed by atoms with E-state index in [4.69, 9.17) is 0 Å². The summed E-state index contributed by atoms with van der Waals surface area (Å²) < 4.78 is 13.7. The maximum absolute atomic E-state index is 13.7. The van der Waals surface area contributed by atoms with Gasteiger partial charge in [0.15, 0.2) is 0 Å². The van der Waals surface area contributed by atoms with Crippen LogP contribution >= 0.6 is 0 Å². The smallest absolute Gasteiger partial charge is 0.308 e. The topological polar surface area (TPSA) is 86.7 Å². The zero-order valence-corrected chi connectivity index (χ0v) is 13.0. The molecule has 0 spiro atoms. The third-order valence-corrected chi connectivity index (χ3v) is 4.09. The fraction of sp³-hybridized carbons (Fsp3) is 0.438. The number of carbonyl (C=O) groups is 3. The van der Waals surface area contributed by atoms with Crippen LogP contribution in [0.15, 0.2) is 18.2 Å². The molecule has 0 aliphatic carbocycles. The highest BCUT2D eigenvalue weighted by Crippen LogP contribution is 2.26. The van der Waals surface area contributed by atoms with Crippen LogP contribution in [0.5, 0.6) is 0 Å². The first-order valence-electron chi connectivity index (χ1n) is 7.42. The van der Waals surface area contributed by atoms with Gasteiger partial charge in [0.2, 0.25) is 5.91 Å². The quantitative estimate of drug-likeness (QED) is 0.892. The van der Waals surface area contributed by atoms with Crippen molar-refractivity contribution in [2.24, 2.45) is 5.92 Å². The van der Waals surface area contributed by atoms with Gasteiger partial charge in [-0.3, -0.25) is 14.4 Å². The number of piperidine rings is 1. The maximum atomic E-state index is 13.7. The molecule has 1 aromatic rings. The van der Waals surface area contributed by atoms with Gasteiger partial charge in [0.25, 0.3) is 5.91 Å². The molecule has 2 atom stereocenters. The van der Waals surface area contributed by atoms with E-state index in [0.29, 0.717) is 19.4 Å². The van der Waals surface area contributed by atoms with E-state index in [1.807, 2.05) is 0 Å². The fourth-order valence-electron chi connectivity index (χ4n) is 2.87. The van der Waals surface area contributed by atoms with Crippen LogP contribution in [0.3, 0.4) is 0 Å². The molecule has 7 heteroatoms. The molecule has 6 nitrogen and oxygen atoms in total. The molecule has 2 rings (SSSR count). The Morgan fingerprint density at radius 2 is 2.04 bits per heavy atom. The Hall–Kier alpha value is -2.44. The molecule has 2 N–H and O–H groups in total. The summed E-state index contributed by atoms with van der Waals surface area (Å²) in [5.74, 6) is -2.97. The van der Waals surface area contributed by atoms with Crippen LogP contribution in [0.4, 0.5) is 10.1 Å². The normalized spacial score (nSPS) is 20.9. The van der Waals surface area contributed by atoms with E-state index >= 15 is 0 Å². The number of nitrogens with zero attached hydrogens (tertiary/aromatic N) is 1. The zero-order valence-electron chi connectivity index (χ0n) is 13.0. The van der Waals surface area contributed by atoms with Crippen LogP contribution in [-0.2, 0) is 9.59 Å². The van der Waals surface area contributed by atoms with Gasteiger partial charge in [0.05, 0.1) is 11.6 Å². The Morgan fingerprint density at radius 1 is 1.35 bits per heavy atom. The summed E-state index contributed by atoms with van der Waals surface area (Å²) in [7, 11) is 0. The van der Waals surface area contributed by atoms with E-state index in [2.05, 4.69) is 5.32 Å². The highest BCUT2D eigenvalue weighted by Gasteiger charge is 2.35. The Bertz CT molecular complexity index is 647. The number of halogens is 1. The summed E-state index contributed by atoms with van der Waals surface area (Å²) in [5.41, 5.74) is 0.149. The van der Waals surface area contributed by atoms with Crippen LogP contribution in [0.1, 0.15) is 37.0 Å². The molecule has 0 aromatic heterocycles. The number of nitrogens with one attached hydrogen (secondary N) is 1. The lowest BCUT2D eigenvalue weighted by Gasteiger charge is -2.37. The van der Waals surface area contributed by atoms with Crippen LogP contribution in [0.25, 0.3) is 0 Å². The van der Waals surface area contributed by atoms with Gasteiger partial charge in [-0.1, -0.05) is 0 Å². The molecule has 1 aliphatic heterocycles. The Balaban J connectivity index is 2.26. The predicted octanol–water partition coefficient (Wildman–Crippen LogP) is 2.11. The molecule has 1 fully saturated rings. The highest BCUT2D eigenvalue weighted by molar-refractivity contribution is 5.97. The van der Waals surface area contributed by atoms with Crippen molar-refractivity contribution in [3.05, 3.63) is 29.6 Å². The minimum Gasteiger partial charge on any atom is -0.481 e. The number of hydrogen-bond donors (Lipinski definition) is 2. The van der Waals surface area contributed by atoms with Crippen LogP contribution in [0, 0.1) is 11.7 Å². The molecule has 124 valence electrons. The number of rotatable bonds is 3. The van der Waals surface area contributed by atoms with Gasteiger partial charge < -0.3 is 15.3 Å². The Morgan fingerprint density at radius 3 is 2.65 bits per heavy atom. The van der Waals surface area contributed by atoms with E-state index in [9.17, 15) is 23.9 Å². The zero-order chi connectivity index (χ0) is 17.1. The number of carboxylic acid groups (broad SMARTS) is 1. The first-order chi connectivity index (χ1) is 10.8. The minimum absolute atomic E-state index is 0.0669. The van der Waals surface area contributed by atoms with Crippen molar-refractivity contribution < 1.29 is 23.9 Å². The highest BCUT2D eigenvalue weighted by atomic mass is 19.1. The first kappa shape index (κ1) is 16.9. The summed E-state index contributed by atoms with van der Waals surface area (Å²) in [6.07, 6.45) is 1.13. The molecule has 0 bridgehead atoms. The monoisotopic (exact) mass is 322 g/mol. The van der Waals surface area contributed by atoms with Crippen LogP contribution in [0.2, 0.25) is 0 Å². The summed E-state index contributed by atoms with van der Waals surface area (Å²) >= 11 is 0. The van der Waals surface area contributed by atoms with E-state index in [0.717, 1.165) is 6.07 Å². The average molecular weight is 322 g/mol. The lowest BCUT2D eigenvalue weighted by molar-refractivity contribution is -0.145. The van der Waals surface area contributed by atoms with Crippen molar-refractivity contribution in [3.8, 4) is 0 Å². The Kier molecular flexibility index (Phi) is 4.98. The number of hydrogen-bond acceptors (Lipinski definition) is 3. The van der Waals surface area contributed by atoms with Gasteiger partial charge in [-0.15, -0.1) is 0 Å². The van der Waals surface area contributed by atoms with Gasteiger partial charge in [-0.25, -0.2) is 4.39 Å². The second-order valence-electron chi connectivity index (χ2n) is 5.70. The maximum Gasteiger partial charge on any atom is 0.308 e. The molecular formula is C16H19FN2O4. The molecular weight excluding hydrogens is 303 g/mol.